The van der Waals surface area contributed by atoms with Gasteiger partial charge in [0.1, 0.15) is 5.75 Å². The van der Waals surface area contributed by atoms with E-state index in [-0.39, 0.29) is 11.8 Å². The van der Waals surface area contributed by atoms with Crippen LogP contribution in [0, 0.1) is 11.3 Å². The molecule has 1 aliphatic rings. The monoisotopic (exact) mass is 261 g/mol. The molecule has 2 rings (SSSR count). The molecule has 0 amide bonds. The second kappa shape index (κ2) is 5.91. The number of nitrogens with one attached hydrogen (secondary N) is 1. The van der Waals surface area contributed by atoms with Crippen molar-refractivity contribution < 1.29 is 9.84 Å². The third-order valence-corrected chi connectivity index (χ3v) is 3.49. The van der Waals surface area contributed by atoms with E-state index >= 15 is 0 Å². The molecule has 2 unspecified atom stereocenters. The van der Waals surface area contributed by atoms with E-state index in [1.807, 2.05) is 26.1 Å². The molecule has 0 radical (unpaired) electrons. The molecule has 1 saturated heterocycles. The number of phenolic OH excluding ortho intramolecular Hbond substituents is 1. The maximum Gasteiger partial charge on any atom is 0.161 e. The second-order valence-electron chi connectivity index (χ2n) is 4.69. The molecule has 0 aliphatic carbocycles. The Kier molecular flexibility index (Phi) is 4.25. The Morgan fingerprint density at radius 3 is 3.00 bits per heavy atom. The quantitative estimate of drug-likeness (QED) is 0.861. The highest BCUT2D eigenvalue weighted by Gasteiger charge is 2.21. The van der Waals surface area contributed by atoms with E-state index in [1.54, 1.807) is 6.07 Å². The van der Waals surface area contributed by atoms with Crippen LogP contribution in [0.4, 0.5) is 5.69 Å². The number of nitrogens with zero attached hydrogens (tertiary/aromatic N) is 2. The van der Waals surface area contributed by atoms with Crippen LogP contribution in [0.15, 0.2) is 18.2 Å². The topological polar surface area (TPSA) is 68.5 Å². The molecule has 5 nitrogen and oxygen atoms in total. The molecule has 1 heterocycles. The number of ether oxygens (including phenoxy) is 1. The van der Waals surface area contributed by atoms with Gasteiger partial charge in [-0.1, -0.05) is 6.07 Å². The van der Waals surface area contributed by atoms with E-state index in [1.165, 1.54) is 0 Å². The van der Waals surface area contributed by atoms with E-state index in [0.29, 0.717) is 13.2 Å². The summed E-state index contributed by atoms with van der Waals surface area (Å²) >= 11 is 0. The Balaban J connectivity index is 2.18. The fourth-order valence-electron chi connectivity index (χ4n) is 2.21. The zero-order valence-electron chi connectivity index (χ0n) is 11.3. The van der Waals surface area contributed by atoms with Gasteiger partial charge in [-0.3, -0.25) is 0 Å². The fourth-order valence-corrected chi connectivity index (χ4v) is 2.21. The van der Waals surface area contributed by atoms with Gasteiger partial charge in [0.2, 0.25) is 0 Å². The summed E-state index contributed by atoms with van der Waals surface area (Å²) in [7, 11) is 1.86. The van der Waals surface area contributed by atoms with Crippen LogP contribution in [0.25, 0.3) is 0 Å². The van der Waals surface area contributed by atoms with Gasteiger partial charge in [-0.2, -0.15) is 5.26 Å². The number of hydrogen-bond donors (Lipinski definition) is 2. The number of nitriles is 1. The Labute approximate surface area is 113 Å². The van der Waals surface area contributed by atoms with Crippen molar-refractivity contribution in [2.75, 3.05) is 31.6 Å². The van der Waals surface area contributed by atoms with Crippen LogP contribution in [-0.2, 0) is 4.74 Å². The van der Waals surface area contributed by atoms with Crippen LogP contribution in [0.3, 0.4) is 0 Å². The van der Waals surface area contributed by atoms with Gasteiger partial charge in [0.05, 0.1) is 19.2 Å². The maximum absolute atomic E-state index is 10.1. The van der Waals surface area contributed by atoms with E-state index in [0.717, 1.165) is 17.8 Å². The molecule has 0 saturated carbocycles. The highest BCUT2D eigenvalue weighted by atomic mass is 16.5. The largest absolute Gasteiger partial charge is 0.508 e. The third-order valence-electron chi connectivity index (χ3n) is 3.49. The normalized spacial score (nSPS) is 20.9. The summed E-state index contributed by atoms with van der Waals surface area (Å²) in [6.07, 6.45) is -0.396. The Bertz CT molecular complexity index is 484. The van der Waals surface area contributed by atoms with Gasteiger partial charge in [-0.15, -0.1) is 0 Å². The minimum atomic E-state index is -0.396. The zero-order chi connectivity index (χ0) is 13.8. The number of morpholine rings is 1. The first kappa shape index (κ1) is 13.7. The van der Waals surface area contributed by atoms with Gasteiger partial charge in [0, 0.05) is 29.9 Å². The molecule has 0 spiro atoms. The first-order chi connectivity index (χ1) is 9.15. The Morgan fingerprint density at radius 2 is 2.37 bits per heavy atom. The Hall–Kier alpha value is -1.77. The van der Waals surface area contributed by atoms with Crippen LogP contribution in [0.2, 0.25) is 0 Å². The van der Waals surface area contributed by atoms with E-state index in [9.17, 15) is 5.11 Å². The average Bonchev–Trinajstić information content (AvgIpc) is 2.46. The molecule has 1 aliphatic heterocycles. The van der Waals surface area contributed by atoms with Crippen LogP contribution >= 0.6 is 0 Å². The maximum atomic E-state index is 10.1. The number of phenols is 1. The molecule has 1 fully saturated rings. The third kappa shape index (κ3) is 2.98. The average molecular weight is 261 g/mol. The number of rotatable bonds is 3. The lowest BCUT2D eigenvalue weighted by Gasteiger charge is -2.32. The van der Waals surface area contributed by atoms with Crippen LogP contribution < -0.4 is 10.2 Å². The number of benzene rings is 1. The minimum Gasteiger partial charge on any atom is -0.508 e. The molecule has 0 bridgehead atoms. The first-order valence-corrected chi connectivity index (χ1v) is 6.42. The number of hydrogen-bond acceptors (Lipinski definition) is 5. The number of aromatic hydroxyl groups is 1. The summed E-state index contributed by atoms with van der Waals surface area (Å²) in [6.45, 7) is 3.80. The van der Waals surface area contributed by atoms with Crippen molar-refractivity contribution >= 4 is 5.69 Å². The van der Waals surface area contributed by atoms with Crippen molar-refractivity contribution in [3.05, 3.63) is 23.8 Å². The van der Waals surface area contributed by atoms with Crippen molar-refractivity contribution in [3.8, 4) is 11.8 Å². The molecule has 19 heavy (non-hydrogen) atoms. The van der Waals surface area contributed by atoms with Crippen LogP contribution in [-0.4, -0.2) is 38.0 Å². The van der Waals surface area contributed by atoms with Crippen molar-refractivity contribution in [3.63, 3.8) is 0 Å². The lowest BCUT2D eigenvalue weighted by Crippen LogP contribution is -2.41. The van der Waals surface area contributed by atoms with E-state index in [4.69, 9.17) is 10.00 Å². The summed E-state index contributed by atoms with van der Waals surface area (Å²) in [5, 5.41) is 22.1. The number of anilines is 1. The first-order valence-electron chi connectivity index (χ1n) is 6.42. The van der Waals surface area contributed by atoms with Gasteiger partial charge in [0.25, 0.3) is 0 Å². The predicted octanol–water partition coefficient (Wildman–Crippen LogP) is 1.40. The Morgan fingerprint density at radius 1 is 1.58 bits per heavy atom. The van der Waals surface area contributed by atoms with Gasteiger partial charge in [-0.25, -0.2) is 0 Å². The van der Waals surface area contributed by atoms with Crippen molar-refractivity contribution in [1.29, 1.82) is 5.26 Å². The van der Waals surface area contributed by atoms with Gasteiger partial charge in [-0.05, 0) is 20.0 Å². The van der Waals surface area contributed by atoms with Crippen LogP contribution in [0.5, 0.6) is 5.75 Å². The molecule has 2 N–H and O–H groups in total. The molecule has 0 aromatic heterocycles. The van der Waals surface area contributed by atoms with E-state index < -0.39 is 6.10 Å². The van der Waals surface area contributed by atoms with Crippen molar-refractivity contribution in [1.82, 2.24) is 5.32 Å². The lowest BCUT2D eigenvalue weighted by atomic mass is 10.1. The van der Waals surface area contributed by atoms with Crippen molar-refractivity contribution in [2.45, 2.75) is 19.1 Å². The van der Waals surface area contributed by atoms with Gasteiger partial charge >= 0.3 is 0 Å². The molecule has 102 valence electrons. The van der Waals surface area contributed by atoms with Crippen LogP contribution in [0.1, 0.15) is 18.5 Å². The molecule has 1 aromatic carbocycles. The molecule has 1 aromatic rings. The lowest BCUT2D eigenvalue weighted by molar-refractivity contribution is 0.0764. The fraction of sp³-hybridized carbons (Fsp3) is 0.500. The highest BCUT2D eigenvalue weighted by Crippen LogP contribution is 2.29. The summed E-state index contributed by atoms with van der Waals surface area (Å²) in [5.74, 6) is 0.277. The molecule has 2 atom stereocenters. The molecule has 5 heteroatoms. The van der Waals surface area contributed by atoms with E-state index in [2.05, 4.69) is 16.3 Å². The second-order valence-corrected chi connectivity index (χ2v) is 4.69. The summed E-state index contributed by atoms with van der Waals surface area (Å²) in [4.78, 5) is 2.06. The standard InChI is InChI=1S/C14H19N3O2/c1-10(16-2)13-4-3-11(7-14(13)18)17-5-6-19-12(8-15)9-17/h3-4,7,10,12,16,18H,5-6,9H2,1-2H3. The summed E-state index contributed by atoms with van der Waals surface area (Å²) in [6, 6.07) is 7.87. The van der Waals surface area contributed by atoms with Gasteiger partial charge < -0.3 is 20.1 Å². The van der Waals surface area contributed by atoms with Gasteiger partial charge in [0.15, 0.2) is 6.10 Å². The minimum absolute atomic E-state index is 0.102. The summed E-state index contributed by atoms with van der Waals surface area (Å²) in [5.41, 5.74) is 1.80. The smallest absolute Gasteiger partial charge is 0.161 e. The molecular weight excluding hydrogens is 242 g/mol. The predicted molar refractivity (Wildman–Crippen MR) is 73.1 cm³/mol. The SMILES string of the molecule is CNC(C)c1ccc(N2CCOC(C#N)C2)cc1O. The van der Waals surface area contributed by atoms with Crippen molar-refractivity contribution in [2.24, 2.45) is 0 Å². The highest BCUT2D eigenvalue weighted by molar-refractivity contribution is 5.54. The zero-order valence-corrected chi connectivity index (χ0v) is 11.3. The molecular formula is C14H19N3O2. The summed E-state index contributed by atoms with van der Waals surface area (Å²) < 4.78 is 5.31.